The van der Waals surface area contributed by atoms with Crippen molar-refractivity contribution in [2.45, 2.75) is 63.6 Å². The van der Waals surface area contributed by atoms with Gasteiger partial charge < -0.3 is 25.1 Å². The summed E-state index contributed by atoms with van der Waals surface area (Å²) in [5.41, 5.74) is 2.60. The van der Waals surface area contributed by atoms with Gasteiger partial charge in [-0.05, 0) is 57.6 Å². The number of aromatic nitrogens is 2. The Kier molecular flexibility index (Phi) is 7.48. The molecule has 0 spiro atoms. The summed E-state index contributed by atoms with van der Waals surface area (Å²) < 4.78 is 0. The van der Waals surface area contributed by atoms with Crippen molar-refractivity contribution in [2.24, 2.45) is 0 Å². The van der Waals surface area contributed by atoms with Crippen LogP contribution >= 0.6 is 0 Å². The quantitative estimate of drug-likeness (QED) is 0.660. The Labute approximate surface area is 208 Å². The SMILES string of the molecule is Cc1c(NCC2CCCN2c2ccccc2)ncnc1C(=O)N1CCC(N2CCC(O)CC2)CC1. The minimum absolute atomic E-state index is 0.00671. The first kappa shape index (κ1) is 24.0. The normalized spacial score (nSPS) is 22.5. The number of nitrogens with zero attached hydrogens (tertiary/aromatic N) is 5. The van der Waals surface area contributed by atoms with Gasteiger partial charge in [-0.2, -0.15) is 0 Å². The Morgan fingerprint density at radius 1 is 1.00 bits per heavy atom. The van der Waals surface area contributed by atoms with Crippen molar-refractivity contribution in [3.8, 4) is 0 Å². The van der Waals surface area contributed by atoms with Gasteiger partial charge in [0.2, 0.25) is 0 Å². The Morgan fingerprint density at radius 2 is 1.74 bits per heavy atom. The fraction of sp³-hybridized carbons (Fsp3) is 0.593. The Balaban J connectivity index is 1.18. The number of carbonyl (C=O) groups excluding carboxylic acids is 1. The van der Waals surface area contributed by atoms with Gasteiger partial charge in [-0.1, -0.05) is 18.2 Å². The summed E-state index contributed by atoms with van der Waals surface area (Å²) in [5, 5.41) is 13.3. The molecule has 2 aromatic rings. The molecule has 1 aromatic heterocycles. The van der Waals surface area contributed by atoms with Gasteiger partial charge in [0.25, 0.3) is 5.91 Å². The van der Waals surface area contributed by atoms with Crippen LogP contribution in [0, 0.1) is 6.92 Å². The average molecular weight is 479 g/mol. The van der Waals surface area contributed by atoms with Gasteiger partial charge in [-0.3, -0.25) is 4.79 Å². The number of para-hydroxylation sites is 1. The van der Waals surface area contributed by atoms with E-state index in [0.717, 1.165) is 82.8 Å². The minimum atomic E-state index is -0.147. The third-order valence-electron chi connectivity index (χ3n) is 8.02. The highest BCUT2D eigenvalue weighted by Crippen LogP contribution is 2.27. The van der Waals surface area contributed by atoms with Crippen LogP contribution in [0.5, 0.6) is 0 Å². The van der Waals surface area contributed by atoms with Gasteiger partial charge in [0.1, 0.15) is 17.8 Å². The summed E-state index contributed by atoms with van der Waals surface area (Å²) in [4.78, 5) is 29.1. The van der Waals surface area contributed by atoms with E-state index in [1.807, 2.05) is 11.8 Å². The summed E-state index contributed by atoms with van der Waals surface area (Å²) >= 11 is 0. The summed E-state index contributed by atoms with van der Waals surface area (Å²) in [6, 6.07) is 11.5. The molecular formula is C27H38N6O2. The second-order valence-electron chi connectivity index (χ2n) is 10.2. The van der Waals surface area contributed by atoms with Gasteiger partial charge >= 0.3 is 0 Å². The zero-order chi connectivity index (χ0) is 24.2. The molecule has 1 atom stereocenters. The zero-order valence-corrected chi connectivity index (χ0v) is 20.8. The first-order valence-corrected chi connectivity index (χ1v) is 13.2. The molecule has 0 bridgehead atoms. The monoisotopic (exact) mass is 478 g/mol. The Bertz CT molecular complexity index is 986. The van der Waals surface area contributed by atoms with Crippen LogP contribution in [0.15, 0.2) is 36.7 Å². The van der Waals surface area contributed by atoms with Gasteiger partial charge in [0.15, 0.2) is 0 Å². The molecule has 188 valence electrons. The molecule has 35 heavy (non-hydrogen) atoms. The molecule has 8 nitrogen and oxygen atoms in total. The predicted molar refractivity (Wildman–Crippen MR) is 138 cm³/mol. The molecule has 1 unspecified atom stereocenters. The third kappa shape index (κ3) is 5.43. The Hall–Kier alpha value is -2.71. The van der Waals surface area contributed by atoms with Gasteiger partial charge in [-0.25, -0.2) is 9.97 Å². The van der Waals surface area contributed by atoms with Crippen LogP contribution in [0.4, 0.5) is 11.5 Å². The van der Waals surface area contributed by atoms with Gasteiger partial charge in [-0.15, -0.1) is 0 Å². The third-order valence-corrected chi connectivity index (χ3v) is 8.02. The van der Waals surface area contributed by atoms with Crippen LogP contribution in [0.3, 0.4) is 0 Å². The fourth-order valence-corrected chi connectivity index (χ4v) is 5.90. The number of benzene rings is 1. The lowest BCUT2D eigenvalue weighted by molar-refractivity contribution is 0.0355. The first-order valence-electron chi connectivity index (χ1n) is 13.2. The van der Waals surface area contributed by atoms with Crippen LogP contribution < -0.4 is 10.2 Å². The highest BCUT2D eigenvalue weighted by Gasteiger charge is 2.31. The lowest BCUT2D eigenvalue weighted by Gasteiger charge is -2.41. The average Bonchev–Trinajstić information content (AvgIpc) is 3.37. The van der Waals surface area contributed by atoms with Crippen molar-refractivity contribution < 1.29 is 9.90 Å². The number of piperidine rings is 2. The van der Waals surface area contributed by atoms with E-state index in [2.05, 4.69) is 55.4 Å². The van der Waals surface area contributed by atoms with E-state index in [9.17, 15) is 9.90 Å². The molecule has 0 saturated carbocycles. The molecule has 1 amide bonds. The molecule has 1 aromatic carbocycles. The summed E-state index contributed by atoms with van der Waals surface area (Å²) in [6.07, 6.45) is 7.37. The second kappa shape index (κ2) is 10.9. The highest BCUT2D eigenvalue weighted by atomic mass is 16.3. The summed E-state index contributed by atoms with van der Waals surface area (Å²) in [6.45, 7) is 7.23. The van der Waals surface area contributed by atoms with E-state index in [0.29, 0.717) is 17.8 Å². The van der Waals surface area contributed by atoms with Crippen LogP contribution in [-0.4, -0.2) is 88.2 Å². The van der Waals surface area contributed by atoms with E-state index in [1.165, 1.54) is 18.4 Å². The van der Waals surface area contributed by atoms with Crippen LogP contribution in [-0.2, 0) is 0 Å². The lowest BCUT2D eigenvalue weighted by Crippen LogP contribution is -2.49. The maximum atomic E-state index is 13.3. The number of aliphatic hydroxyl groups is 1. The summed E-state index contributed by atoms with van der Waals surface area (Å²) in [7, 11) is 0. The number of hydrogen-bond donors (Lipinski definition) is 2. The van der Waals surface area contributed by atoms with Gasteiger partial charge in [0.05, 0.1) is 6.10 Å². The van der Waals surface area contributed by atoms with Crippen molar-refractivity contribution in [3.63, 3.8) is 0 Å². The molecule has 5 rings (SSSR count). The molecular weight excluding hydrogens is 440 g/mol. The lowest BCUT2D eigenvalue weighted by atomic mass is 9.98. The zero-order valence-electron chi connectivity index (χ0n) is 20.8. The number of carbonyl (C=O) groups is 1. The molecule has 8 heteroatoms. The minimum Gasteiger partial charge on any atom is -0.393 e. The topological polar surface area (TPSA) is 84.8 Å². The molecule has 3 saturated heterocycles. The number of hydrogen-bond acceptors (Lipinski definition) is 7. The highest BCUT2D eigenvalue weighted by molar-refractivity contribution is 5.94. The smallest absolute Gasteiger partial charge is 0.272 e. The van der Waals surface area contributed by atoms with E-state index >= 15 is 0 Å². The van der Waals surface area contributed by atoms with Crippen molar-refractivity contribution in [1.82, 2.24) is 19.8 Å². The van der Waals surface area contributed by atoms with Crippen molar-refractivity contribution in [2.75, 3.05) is 49.5 Å². The molecule has 3 fully saturated rings. The standard InChI is InChI=1S/C27H38N6O2/c1-20-25(27(35)32-14-9-21(10-15-32)31-16-11-24(34)12-17-31)29-19-30-26(20)28-18-23-8-5-13-33(23)22-6-3-2-4-7-22/h2-4,6-7,19,21,23-24,34H,5,8-18H2,1H3,(H,28,29,30). The predicted octanol–water partition coefficient (Wildman–Crippen LogP) is 2.93. The van der Waals surface area contributed by atoms with E-state index in [4.69, 9.17) is 0 Å². The summed E-state index contributed by atoms with van der Waals surface area (Å²) in [5.74, 6) is 0.761. The molecule has 3 aliphatic rings. The first-order chi connectivity index (χ1) is 17.1. The van der Waals surface area contributed by atoms with Crippen LogP contribution in [0.2, 0.25) is 0 Å². The molecule has 2 N–H and O–H groups in total. The number of likely N-dealkylation sites (tertiary alicyclic amines) is 2. The maximum Gasteiger partial charge on any atom is 0.272 e. The van der Waals surface area contributed by atoms with Crippen LogP contribution in [0.25, 0.3) is 0 Å². The molecule has 3 aliphatic heterocycles. The van der Waals surface area contributed by atoms with Crippen LogP contribution in [0.1, 0.15) is 54.6 Å². The molecule has 4 heterocycles. The number of aliphatic hydroxyl groups excluding tert-OH is 1. The largest absolute Gasteiger partial charge is 0.393 e. The number of amides is 1. The Morgan fingerprint density at radius 3 is 2.49 bits per heavy atom. The second-order valence-corrected chi connectivity index (χ2v) is 10.2. The van der Waals surface area contributed by atoms with Gasteiger partial charge in [0, 0.05) is 62.6 Å². The van der Waals surface area contributed by atoms with E-state index in [-0.39, 0.29) is 12.0 Å². The van der Waals surface area contributed by atoms with Crippen molar-refractivity contribution in [3.05, 3.63) is 47.9 Å². The number of rotatable bonds is 6. The van der Waals surface area contributed by atoms with Crippen molar-refractivity contribution in [1.29, 1.82) is 0 Å². The van der Waals surface area contributed by atoms with E-state index < -0.39 is 0 Å². The molecule has 0 radical (unpaired) electrons. The van der Waals surface area contributed by atoms with Crippen molar-refractivity contribution >= 4 is 17.4 Å². The maximum absolute atomic E-state index is 13.3. The number of anilines is 2. The van der Waals surface area contributed by atoms with E-state index in [1.54, 1.807) is 0 Å². The fourth-order valence-electron chi connectivity index (χ4n) is 5.90. The molecule has 0 aliphatic carbocycles. The number of nitrogens with one attached hydrogen (secondary N) is 1.